The molecule has 0 saturated carbocycles. The summed E-state index contributed by atoms with van der Waals surface area (Å²) in [7, 11) is 0. The van der Waals surface area contributed by atoms with E-state index in [-0.39, 0.29) is 0 Å². The number of benzene rings is 5. The van der Waals surface area contributed by atoms with Crippen LogP contribution in [0, 0.1) is 6.92 Å². The van der Waals surface area contributed by atoms with E-state index < -0.39 is 0 Å². The largest absolute Gasteiger partial charge is 0.135 e. The van der Waals surface area contributed by atoms with E-state index in [1.54, 1.807) is 0 Å². The molecule has 7 aromatic rings. The predicted molar refractivity (Wildman–Crippen MR) is 148 cm³/mol. The lowest BCUT2D eigenvalue weighted by Gasteiger charge is -2.09. The van der Waals surface area contributed by atoms with Gasteiger partial charge >= 0.3 is 0 Å². The molecule has 0 radical (unpaired) electrons. The Morgan fingerprint density at radius 1 is 0.394 bits per heavy atom. The normalized spacial score (nSPS) is 11.8. The quantitative estimate of drug-likeness (QED) is 0.243. The van der Waals surface area contributed by atoms with Gasteiger partial charge in [0.15, 0.2) is 0 Å². The fourth-order valence-corrected chi connectivity index (χ4v) is 7.10. The van der Waals surface area contributed by atoms with Gasteiger partial charge in [-0.15, -0.1) is 22.7 Å². The first kappa shape index (κ1) is 19.0. The summed E-state index contributed by atoms with van der Waals surface area (Å²) in [6.45, 7) is 2.20. The number of hydrogen-bond donors (Lipinski definition) is 0. The minimum atomic E-state index is 1.28. The van der Waals surface area contributed by atoms with E-state index in [0.29, 0.717) is 0 Å². The van der Waals surface area contributed by atoms with Crippen molar-refractivity contribution in [2.24, 2.45) is 0 Å². The highest BCUT2D eigenvalue weighted by Gasteiger charge is 2.10. The average molecular weight is 457 g/mol. The topological polar surface area (TPSA) is 0 Å². The van der Waals surface area contributed by atoms with Crippen LogP contribution in [0.4, 0.5) is 0 Å². The molecule has 7 rings (SSSR count). The van der Waals surface area contributed by atoms with Crippen molar-refractivity contribution in [3.8, 4) is 22.3 Å². The summed E-state index contributed by atoms with van der Waals surface area (Å²) in [6.07, 6.45) is 0. The Bertz CT molecular complexity index is 1700. The summed E-state index contributed by atoms with van der Waals surface area (Å²) in [5.74, 6) is 0. The molecule has 0 N–H and O–H groups in total. The molecule has 0 aliphatic carbocycles. The molecule has 156 valence electrons. The van der Waals surface area contributed by atoms with Gasteiger partial charge in [0.25, 0.3) is 0 Å². The molecule has 2 heterocycles. The van der Waals surface area contributed by atoms with Gasteiger partial charge in [0, 0.05) is 40.3 Å². The Hall–Kier alpha value is -3.46. The first-order valence-corrected chi connectivity index (χ1v) is 12.8. The number of aryl methyl sites for hydroxylation is 1. The fourth-order valence-electron chi connectivity index (χ4n) is 4.93. The molecule has 0 amide bonds. The summed E-state index contributed by atoms with van der Waals surface area (Å²) >= 11 is 3.75. The molecular weight excluding hydrogens is 436 g/mol. The summed E-state index contributed by atoms with van der Waals surface area (Å²) < 4.78 is 5.40. The van der Waals surface area contributed by atoms with Crippen molar-refractivity contribution in [3.63, 3.8) is 0 Å². The highest BCUT2D eigenvalue weighted by molar-refractivity contribution is 7.26. The first-order valence-electron chi connectivity index (χ1n) is 11.2. The van der Waals surface area contributed by atoms with E-state index in [1.807, 2.05) is 22.7 Å². The zero-order valence-electron chi connectivity index (χ0n) is 18.1. The van der Waals surface area contributed by atoms with Crippen LogP contribution in [0.3, 0.4) is 0 Å². The van der Waals surface area contributed by atoms with Gasteiger partial charge in [-0.1, -0.05) is 60.7 Å². The molecule has 0 nitrogen and oxygen atoms in total. The van der Waals surface area contributed by atoms with Crippen molar-refractivity contribution in [2.45, 2.75) is 6.92 Å². The van der Waals surface area contributed by atoms with Crippen LogP contribution >= 0.6 is 22.7 Å². The molecule has 0 bridgehead atoms. The minimum absolute atomic E-state index is 1.28. The van der Waals surface area contributed by atoms with Crippen LogP contribution in [0.5, 0.6) is 0 Å². The third-order valence-corrected chi connectivity index (χ3v) is 8.80. The lowest BCUT2D eigenvalue weighted by Crippen LogP contribution is -1.85. The molecule has 5 aromatic carbocycles. The molecule has 0 fully saturated rings. The Morgan fingerprint density at radius 2 is 0.848 bits per heavy atom. The average Bonchev–Trinajstić information content (AvgIpc) is 3.41. The minimum Gasteiger partial charge on any atom is -0.135 e. The smallest absolute Gasteiger partial charge is 0.0355 e. The van der Waals surface area contributed by atoms with Crippen LogP contribution in [0.15, 0.2) is 103 Å². The molecule has 2 aromatic heterocycles. The second kappa shape index (κ2) is 7.28. The lowest BCUT2D eigenvalue weighted by molar-refractivity contribution is 1.46. The molecule has 2 heteroatoms. The second-order valence-corrected chi connectivity index (χ2v) is 10.9. The number of thiophene rings is 2. The first-order chi connectivity index (χ1) is 16.2. The van der Waals surface area contributed by atoms with Crippen molar-refractivity contribution >= 4 is 63.0 Å². The molecule has 0 aliphatic heterocycles. The van der Waals surface area contributed by atoms with Crippen molar-refractivity contribution in [3.05, 3.63) is 109 Å². The Labute approximate surface area is 200 Å². The zero-order valence-corrected chi connectivity index (χ0v) is 19.8. The summed E-state index contributed by atoms with van der Waals surface area (Å²) in [4.78, 5) is 0. The maximum atomic E-state index is 2.36. The molecule has 0 aliphatic rings. The third-order valence-electron chi connectivity index (χ3n) is 6.50. The van der Waals surface area contributed by atoms with E-state index in [4.69, 9.17) is 0 Å². The monoisotopic (exact) mass is 456 g/mol. The summed E-state index contributed by atoms with van der Waals surface area (Å²) in [5, 5.41) is 5.40. The van der Waals surface area contributed by atoms with Gasteiger partial charge in [-0.05, 0) is 77.2 Å². The maximum Gasteiger partial charge on any atom is 0.0355 e. The van der Waals surface area contributed by atoms with E-state index >= 15 is 0 Å². The SMILES string of the molecule is Cc1cc(-c2ccc3sc4ccccc4c3c2)cc(-c2ccc3sc4ccccc4c3c2)c1. The molecule has 0 unspecified atom stereocenters. The number of fused-ring (bicyclic) bond motifs is 6. The molecule has 0 saturated heterocycles. The Kier molecular flexibility index (Phi) is 4.20. The Morgan fingerprint density at radius 3 is 1.36 bits per heavy atom. The number of hydrogen-bond acceptors (Lipinski definition) is 2. The summed E-state index contributed by atoms with van der Waals surface area (Å²) in [5.41, 5.74) is 6.39. The van der Waals surface area contributed by atoms with Crippen LogP contribution in [-0.4, -0.2) is 0 Å². The van der Waals surface area contributed by atoms with Gasteiger partial charge in [0.2, 0.25) is 0 Å². The Balaban J connectivity index is 1.39. The fraction of sp³-hybridized carbons (Fsp3) is 0.0323. The van der Waals surface area contributed by atoms with Crippen LogP contribution in [0.1, 0.15) is 5.56 Å². The standard InChI is InChI=1S/C31H20S2/c1-19-14-22(20-10-12-30-26(17-20)24-6-2-4-8-28(24)32-30)16-23(15-19)21-11-13-31-27(18-21)25-7-3-5-9-29(25)33-31/h2-18H,1H3. The van der Waals surface area contributed by atoms with E-state index in [9.17, 15) is 0 Å². The predicted octanol–water partition coefficient (Wildman–Crippen LogP) is 10.1. The second-order valence-electron chi connectivity index (χ2n) is 8.71. The van der Waals surface area contributed by atoms with Crippen LogP contribution in [0.25, 0.3) is 62.6 Å². The van der Waals surface area contributed by atoms with Gasteiger partial charge in [-0.3, -0.25) is 0 Å². The highest BCUT2D eigenvalue weighted by atomic mass is 32.1. The van der Waals surface area contributed by atoms with Gasteiger partial charge in [0.05, 0.1) is 0 Å². The van der Waals surface area contributed by atoms with Gasteiger partial charge in [-0.2, -0.15) is 0 Å². The zero-order chi connectivity index (χ0) is 21.9. The molecule has 0 spiro atoms. The highest BCUT2D eigenvalue weighted by Crippen LogP contribution is 2.39. The van der Waals surface area contributed by atoms with Crippen LogP contribution in [0.2, 0.25) is 0 Å². The molecule has 33 heavy (non-hydrogen) atoms. The molecule has 0 atom stereocenters. The third kappa shape index (κ3) is 3.10. The van der Waals surface area contributed by atoms with Crippen molar-refractivity contribution in [1.29, 1.82) is 0 Å². The van der Waals surface area contributed by atoms with Gasteiger partial charge < -0.3 is 0 Å². The lowest BCUT2D eigenvalue weighted by atomic mass is 9.95. The van der Waals surface area contributed by atoms with E-state index in [0.717, 1.165) is 0 Å². The van der Waals surface area contributed by atoms with Gasteiger partial charge in [-0.25, -0.2) is 0 Å². The van der Waals surface area contributed by atoms with Crippen molar-refractivity contribution in [2.75, 3.05) is 0 Å². The summed E-state index contributed by atoms with van der Waals surface area (Å²) in [6, 6.07) is 38.2. The van der Waals surface area contributed by atoms with Crippen LogP contribution in [-0.2, 0) is 0 Å². The van der Waals surface area contributed by atoms with E-state index in [1.165, 1.54) is 68.2 Å². The van der Waals surface area contributed by atoms with Crippen molar-refractivity contribution in [1.82, 2.24) is 0 Å². The van der Waals surface area contributed by atoms with Crippen molar-refractivity contribution < 1.29 is 0 Å². The maximum absolute atomic E-state index is 2.36. The number of rotatable bonds is 2. The van der Waals surface area contributed by atoms with Crippen LogP contribution < -0.4 is 0 Å². The van der Waals surface area contributed by atoms with E-state index in [2.05, 4.69) is 110 Å². The van der Waals surface area contributed by atoms with Gasteiger partial charge in [0.1, 0.15) is 0 Å². The molecular formula is C31H20S2.